The smallest absolute Gasteiger partial charge is 0.262 e. The Labute approximate surface area is 168 Å². The lowest BCUT2D eigenvalue weighted by Gasteiger charge is -2.13. The summed E-state index contributed by atoms with van der Waals surface area (Å²) in [5.74, 6) is 2.42. The van der Waals surface area contributed by atoms with Gasteiger partial charge < -0.3 is 14.2 Å². The maximum Gasteiger partial charge on any atom is 0.262 e. The van der Waals surface area contributed by atoms with Crippen LogP contribution in [0.2, 0.25) is 0 Å². The Balaban J connectivity index is 1.61. The first-order chi connectivity index (χ1) is 13.7. The summed E-state index contributed by atoms with van der Waals surface area (Å²) in [5.41, 5.74) is 0.692. The van der Waals surface area contributed by atoms with Gasteiger partial charge in [-0.1, -0.05) is 23.9 Å². The van der Waals surface area contributed by atoms with Crippen molar-refractivity contribution in [3.8, 4) is 11.5 Å². The van der Waals surface area contributed by atoms with Crippen LogP contribution >= 0.6 is 11.8 Å². The first-order valence-electron chi connectivity index (χ1n) is 9.11. The van der Waals surface area contributed by atoms with Gasteiger partial charge in [0.15, 0.2) is 5.16 Å². The molecule has 28 heavy (non-hydrogen) atoms. The summed E-state index contributed by atoms with van der Waals surface area (Å²) in [5, 5.41) is 1.34. The first kappa shape index (κ1) is 20.2. The van der Waals surface area contributed by atoms with E-state index in [-0.39, 0.29) is 5.56 Å². The number of benzene rings is 2. The van der Waals surface area contributed by atoms with Gasteiger partial charge in [0.05, 0.1) is 37.8 Å². The van der Waals surface area contributed by atoms with Crippen LogP contribution in [0.15, 0.2) is 58.5 Å². The van der Waals surface area contributed by atoms with Crippen molar-refractivity contribution < 1.29 is 14.2 Å². The van der Waals surface area contributed by atoms with E-state index in [0.717, 1.165) is 29.2 Å². The van der Waals surface area contributed by atoms with Crippen molar-refractivity contribution in [2.45, 2.75) is 18.1 Å². The highest BCUT2D eigenvalue weighted by Gasteiger charge is 2.11. The monoisotopic (exact) mass is 400 g/mol. The zero-order valence-corrected chi connectivity index (χ0v) is 16.9. The lowest BCUT2D eigenvalue weighted by atomic mass is 10.2. The van der Waals surface area contributed by atoms with Gasteiger partial charge in [-0.2, -0.15) is 0 Å². The van der Waals surface area contributed by atoms with Crippen molar-refractivity contribution in [2.75, 3.05) is 33.2 Å². The molecule has 0 bridgehead atoms. The molecule has 6 nitrogen and oxygen atoms in total. The van der Waals surface area contributed by atoms with Crippen LogP contribution in [-0.2, 0) is 11.3 Å². The van der Waals surface area contributed by atoms with E-state index in [1.807, 2.05) is 48.5 Å². The first-order valence-corrected chi connectivity index (χ1v) is 10.1. The molecule has 148 valence electrons. The molecule has 0 saturated carbocycles. The fourth-order valence-corrected chi connectivity index (χ4v) is 3.66. The second kappa shape index (κ2) is 10.1. The molecule has 3 rings (SSSR count). The second-order valence-corrected chi connectivity index (χ2v) is 7.15. The predicted molar refractivity (Wildman–Crippen MR) is 112 cm³/mol. The molecular weight excluding hydrogens is 376 g/mol. The van der Waals surface area contributed by atoms with E-state index in [0.29, 0.717) is 30.3 Å². The van der Waals surface area contributed by atoms with Gasteiger partial charge in [0, 0.05) is 12.9 Å². The minimum atomic E-state index is -0.0281. The third kappa shape index (κ3) is 5.05. The summed E-state index contributed by atoms with van der Waals surface area (Å²) in [6.45, 7) is 1.54. The molecule has 0 saturated heterocycles. The van der Waals surface area contributed by atoms with Crippen LogP contribution in [0, 0.1) is 0 Å². The standard InChI is InChI=1S/C21H24N2O4S/c1-25-14-12-23-20(24)18-6-3-4-7-19(18)22-21(23)28-15-5-13-27-17-10-8-16(26-2)9-11-17/h3-4,6-11H,5,12-15H2,1-2H3. The van der Waals surface area contributed by atoms with Gasteiger partial charge in [-0.3, -0.25) is 9.36 Å². The second-order valence-electron chi connectivity index (χ2n) is 6.09. The quantitative estimate of drug-likeness (QED) is 0.294. The largest absolute Gasteiger partial charge is 0.497 e. The Morgan fingerprint density at radius 3 is 2.50 bits per heavy atom. The van der Waals surface area contributed by atoms with E-state index in [2.05, 4.69) is 4.98 Å². The maximum absolute atomic E-state index is 12.8. The Morgan fingerprint density at radius 2 is 1.75 bits per heavy atom. The van der Waals surface area contributed by atoms with Crippen LogP contribution in [-0.4, -0.2) is 42.7 Å². The van der Waals surface area contributed by atoms with Crippen molar-refractivity contribution >= 4 is 22.7 Å². The molecule has 7 heteroatoms. The minimum absolute atomic E-state index is 0.0281. The fraction of sp³-hybridized carbons (Fsp3) is 0.333. The Kier molecular flexibility index (Phi) is 7.33. The van der Waals surface area contributed by atoms with E-state index in [1.165, 1.54) is 0 Å². The molecule has 0 radical (unpaired) electrons. The molecule has 0 fully saturated rings. The average Bonchev–Trinajstić information content (AvgIpc) is 2.73. The molecule has 0 N–H and O–H groups in total. The normalized spacial score (nSPS) is 10.9. The molecule has 0 amide bonds. The van der Waals surface area contributed by atoms with Crippen LogP contribution in [0.1, 0.15) is 6.42 Å². The highest BCUT2D eigenvalue weighted by atomic mass is 32.2. The van der Waals surface area contributed by atoms with Crippen LogP contribution in [0.3, 0.4) is 0 Å². The number of rotatable bonds is 10. The number of fused-ring (bicyclic) bond motifs is 1. The number of nitrogens with zero attached hydrogens (tertiary/aromatic N) is 2. The Morgan fingerprint density at radius 1 is 1.00 bits per heavy atom. The van der Waals surface area contributed by atoms with Crippen LogP contribution in [0.5, 0.6) is 11.5 Å². The van der Waals surface area contributed by atoms with Gasteiger partial charge in [-0.05, 0) is 42.8 Å². The van der Waals surface area contributed by atoms with E-state index in [9.17, 15) is 4.79 Å². The topological polar surface area (TPSA) is 62.6 Å². The van der Waals surface area contributed by atoms with Gasteiger partial charge in [0.2, 0.25) is 0 Å². The number of hydrogen-bond acceptors (Lipinski definition) is 6. The summed E-state index contributed by atoms with van der Waals surface area (Å²) in [7, 11) is 3.27. The highest BCUT2D eigenvalue weighted by molar-refractivity contribution is 7.99. The number of methoxy groups -OCH3 is 2. The molecule has 1 heterocycles. The number of hydrogen-bond donors (Lipinski definition) is 0. The molecule has 0 spiro atoms. The summed E-state index contributed by atoms with van der Waals surface area (Å²) in [4.78, 5) is 17.5. The van der Waals surface area contributed by atoms with Gasteiger partial charge in [0.25, 0.3) is 5.56 Å². The zero-order chi connectivity index (χ0) is 19.8. The Bertz CT molecular complexity index is 957. The highest BCUT2D eigenvalue weighted by Crippen LogP contribution is 2.20. The third-order valence-corrected chi connectivity index (χ3v) is 5.26. The predicted octanol–water partition coefficient (Wildman–Crippen LogP) is 3.61. The van der Waals surface area contributed by atoms with Gasteiger partial charge in [0.1, 0.15) is 11.5 Å². The molecule has 1 aromatic heterocycles. The zero-order valence-electron chi connectivity index (χ0n) is 16.1. The lowest BCUT2D eigenvalue weighted by molar-refractivity contribution is 0.183. The molecule has 0 atom stereocenters. The average molecular weight is 401 g/mol. The van der Waals surface area contributed by atoms with Gasteiger partial charge in [-0.15, -0.1) is 0 Å². The molecule has 0 aliphatic rings. The summed E-state index contributed by atoms with van der Waals surface area (Å²) in [6, 6.07) is 15.0. The van der Waals surface area contributed by atoms with Crippen molar-refractivity contribution in [2.24, 2.45) is 0 Å². The van der Waals surface area contributed by atoms with Crippen LogP contribution in [0.25, 0.3) is 10.9 Å². The number of ether oxygens (including phenoxy) is 3. The summed E-state index contributed by atoms with van der Waals surface area (Å²) < 4.78 is 17.7. The van der Waals surface area contributed by atoms with Gasteiger partial charge >= 0.3 is 0 Å². The molecule has 0 aliphatic carbocycles. The maximum atomic E-state index is 12.8. The fourth-order valence-electron chi connectivity index (χ4n) is 2.72. The van der Waals surface area contributed by atoms with E-state index < -0.39 is 0 Å². The molecule has 0 aliphatic heterocycles. The van der Waals surface area contributed by atoms with Crippen molar-refractivity contribution in [3.05, 3.63) is 58.9 Å². The molecule has 3 aromatic rings. The third-order valence-electron chi connectivity index (χ3n) is 4.19. The van der Waals surface area contributed by atoms with E-state index in [1.54, 1.807) is 30.5 Å². The summed E-state index contributed by atoms with van der Waals surface area (Å²) >= 11 is 1.56. The summed E-state index contributed by atoms with van der Waals surface area (Å²) in [6.07, 6.45) is 0.837. The molecule has 0 unspecified atom stereocenters. The van der Waals surface area contributed by atoms with Crippen molar-refractivity contribution in [1.29, 1.82) is 0 Å². The van der Waals surface area contributed by atoms with E-state index >= 15 is 0 Å². The number of thioether (sulfide) groups is 1. The van der Waals surface area contributed by atoms with Crippen LogP contribution < -0.4 is 15.0 Å². The number of para-hydroxylation sites is 1. The van der Waals surface area contributed by atoms with Crippen molar-refractivity contribution in [3.63, 3.8) is 0 Å². The lowest BCUT2D eigenvalue weighted by Crippen LogP contribution is -2.25. The van der Waals surface area contributed by atoms with Crippen molar-refractivity contribution in [1.82, 2.24) is 9.55 Å². The SMILES string of the molecule is COCCn1c(SCCCOc2ccc(OC)cc2)nc2ccccc2c1=O. The minimum Gasteiger partial charge on any atom is -0.497 e. The molecule has 2 aromatic carbocycles. The van der Waals surface area contributed by atoms with Crippen LogP contribution in [0.4, 0.5) is 0 Å². The number of aromatic nitrogens is 2. The molecular formula is C21H24N2O4S. The Hall–Kier alpha value is -2.51. The van der Waals surface area contributed by atoms with E-state index in [4.69, 9.17) is 14.2 Å². The van der Waals surface area contributed by atoms with Gasteiger partial charge in [-0.25, -0.2) is 4.98 Å².